The molecule has 1 N–H and O–H groups in total. The van der Waals surface area contributed by atoms with E-state index in [-0.39, 0.29) is 21.4 Å². The summed E-state index contributed by atoms with van der Waals surface area (Å²) in [4.78, 5) is 16.3. The molecule has 2 heterocycles. The predicted molar refractivity (Wildman–Crippen MR) is 103 cm³/mol. The Morgan fingerprint density at radius 1 is 1.28 bits per heavy atom. The molecule has 154 valence electrons. The quantitative estimate of drug-likeness (QED) is 0.444. The number of nitrogens with one attached hydrogen (secondary N) is 1. The highest BCUT2D eigenvalue weighted by atomic mass is 35.5. The Morgan fingerprint density at radius 3 is 2.55 bits per heavy atom. The summed E-state index contributed by atoms with van der Waals surface area (Å²) in [6, 6.07) is 3.59. The molecule has 1 amide bonds. The summed E-state index contributed by atoms with van der Waals surface area (Å²) in [5.74, 6) is -1.02. The van der Waals surface area contributed by atoms with Crippen LogP contribution in [0.5, 0.6) is 0 Å². The van der Waals surface area contributed by atoms with Gasteiger partial charge in [-0.2, -0.15) is 13.2 Å². The minimum atomic E-state index is -4.64. The first-order valence-electron chi connectivity index (χ1n) is 8.27. The largest absolute Gasteiger partial charge is 0.445 e. The van der Waals surface area contributed by atoms with E-state index in [1.165, 1.54) is 18.2 Å². The van der Waals surface area contributed by atoms with Gasteiger partial charge in [0.1, 0.15) is 11.5 Å². The van der Waals surface area contributed by atoms with Crippen LogP contribution >= 0.6 is 22.9 Å². The second-order valence-electron chi connectivity index (χ2n) is 7.14. The molecule has 5 nitrogen and oxygen atoms in total. The van der Waals surface area contributed by atoms with Crippen molar-refractivity contribution in [2.45, 2.75) is 32.5 Å². The van der Waals surface area contributed by atoms with Crippen LogP contribution in [0.2, 0.25) is 5.02 Å². The molecule has 3 aromatic rings. The Balaban J connectivity index is 2.14. The summed E-state index contributed by atoms with van der Waals surface area (Å²) >= 11 is 6.45. The van der Waals surface area contributed by atoms with Gasteiger partial charge in [0, 0.05) is 17.2 Å². The maximum Gasteiger partial charge on any atom is 0.445 e. The fraction of sp³-hybridized carbons (Fsp3) is 0.278. The third kappa shape index (κ3) is 4.76. The van der Waals surface area contributed by atoms with Crippen LogP contribution in [0.4, 0.5) is 17.6 Å². The number of imidazole rings is 1. The molecule has 0 bridgehead atoms. The Morgan fingerprint density at radius 2 is 1.97 bits per heavy atom. The van der Waals surface area contributed by atoms with Crippen molar-refractivity contribution in [1.82, 2.24) is 19.9 Å². The summed E-state index contributed by atoms with van der Waals surface area (Å²) in [7, 11) is 0. The van der Waals surface area contributed by atoms with E-state index in [4.69, 9.17) is 11.6 Å². The molecule has 2 aromatic heterocycles. The minimum absolute atomic E-state index is 0.0283. The van der Waals surface area contributed by atoms with Crippen LogP contribution in [-0.2, 0) is 11.0 Å². The number of hydrogen-bond donors (Lipinski definition) is 1. The molecule has 0 unspecified atom stereocenters. The van der Waals surface area contributed by atoms with E-state index >= 15 is 0 Å². The van der Waals surface area contributed by atoms with Gasteiger partial charge in [0.15, 0.2) is 0 Å². The van der Waals surface area contributed by atoms with Crippen molar-refractivity contribution in [1.29, 1.82) is 0 Å². The number of alkyl halides is 3. The molecule has 0 aliphatic carbocycles. The highest BCUT2D eigenvalue weighted by Crippen LogP contribution is 2.37. The number of halogens is 5. The van der Waals surface area contributed by atoms with E-state index in [1.54, 1.807) is 20.8 Å². The predicted octanol–water partition coefficient (Wildman–Crippen LogP) is 5.20. The molecular weight excluding hydrogens is 432 g/mol. The van der Waals surface area contributed by atoms with E-state index in [0.29, 0.717) is 16.9 Å². The summed E-state index contributed by atoms with van der Waals surface area (Å²) < 4.78 is 53.5. The van der Waals surface area contributed by atoms with Gasteiger partial charge in [-0.1, -0.05) is 22.9 Å². The lowest BCUT2D eigenvalue weighted by Crippen LogP contribution is -2.39. The van der Waals surface area contributed by atoms with Gasteiger partial charge in [0.2, 0.25) is 15.9 Å². The molecule has 11 heteroatoms. The normalized spacial score (nSPS) is 12.8. The lowest BCUT2D eigenvalue weighted by atomic mass is 10.1. The Kier molecular flexibility index (Phi) is 5.44. The number of benzene rings is 1. The summed E-state index contributed by atoms with van der Waals surface area (Å²) in [5, 5.41) is 5.24. The van der Waals surface area contributed by atoms with Crippen molar-refractivity contribution in [2.75, 3.05) is 0 Å². The first kappa shape index (κ1) is 21.3. The van der Waals surface area contributed by atoms with Crippen molar-refractivity contribution in [3.8, 4) is 11.3 Å². The van der Waals surface area contributed by atoms with Gasteiger partial charge in [-0.3, -0.25) is 4.79 Å². The van der Waals surface area contributed by atoms with E-state index < -0.39 is 28.4 Å². The molecule has 0 saturated heterocycles. The molecule has 0 aliphatic rings. The van der Waals surface area contributed by atoms with Crippen LogP contribution in [0.3, 0.4) is 0 Å². The zero-order valence-corrected chi connectivity index (χ0v) is 17.0. The van der Waals surface area contributed by atoms with Crippen LogP contribution in [-0.4, -0.2) is 26.0 Å². The summed E-state index contributed by atoms with van der Waals surface area (Å²) in [5.41, 5.74) is 0.100. The van der Waals surface area contributed by atoms with Crippen molar-refractivity contribution in [2.24, 2.45) is 0 Å². The maximum atomic E-state index is 13.4. The van der Waals surface area contributed by atoms with Crippen LogP contribution in [0.15, 0.2) is 24.3 Å². The van der Waals surface area contributed by atoms with Crippen molar-refractivity contribution in [3.63, 3.8) is 0 Å². The number of amides is 1. The number of rotatable bonds is 3. The van der Waals surface area contributed by atoms with Gasteiger partial charge < -0.3 is 5.32 Å². The fourth-order valence-electron chi connectivity index (χ4n) is 2.47. The maximum absolute atomic E-state index is 13.4. The molecule has 3 rings (SSSR count). The number of aromatic nitrogens is 3. The topological polar surface area (TPSA) is 59.3 Å². The highest BCUT2D eigenvalue weighted by molar-refractivity contribution is 7.16. The van der Waals surface area contributed by atoms with Crippen molar-refractivity contribution < 1.29 is 22.4 Å². The first-order valence-corrected chi connectivity index (χ1v) is 9.47. The van der Waals surface area contributed by atoms with Gasteiger partial charge in [0.05, 0.1) is 10.7 Å². The zero-order chi connectivity index (χ0) is 21.6. The molecule has 0 fully saturated rings. The number of fused-ring (bicyclic) bond motifs is 1. The smallest absolute Gasteiger partial charge is 0.348 e. The zero-order valence-electron chi connectivity index (χ0n) is 15.4. The standard InChI is InChI=1S/C18H15ClF4N4OS/c1-17(2,3)25-13(28)7-6-12-14(10-5-4-9(20)8-11(10)19)24-16-27(12)26-15(29-16)18(21,22)23/h4-8H,1-3H3,(H,25,28). The van der Waals surface area contributed by atoms with Gasteiger partial charge in [-0.15, -0.1) is 5.10 Å². The monoisotopic (exact) mass is 446 g/mol. The lowest BCUT2D eigenvalue weighted by molar-refractivity contribution is -0.138. The molecule has 0 radical (unpaired) electrons. The average molecular weight is 447 g/mol. The van der Waals surface area contributed by atoms with Gasteiger partial charge in [0.25, 0.3) is 0 Å². The lowest BCUT2D eigenvalue weighted by Gasteiger charge is -2.18. The fourth-order valence-corrected chi connectivity index (χ4v) is 3.50. The molecule has 29 heavy (non-hydrogen) atoms. The number of carbonyl (C=O) groups is 1. The highest BCUT2D eigenvalue weighted by Gasteiger charge is 2.36. The third-order valence-corrected chi connectivity index (χ3v) is 4.82. The van der Waals surface area contributed by atoms with Crippen LogP contribution in [0.25, 0.3) is 22.3 Å². The Hall–Kier alpha value is -2.46. The van der Waals surface area contributed by atoms with E-state index in [1.807, 2.05) is 0 Å². The third-order valence-electron chi connectivity index (χ3n) is 3.56. The number of hydrogen-bond acceptors (Lipinski definition) is 4. The second-order valence-corrected chi connectivity index (χ2v) is 8.50. The molecular formula is C18H15ClF4N4OS. The molecule has 0 aliphatic heterocycles. The average Bonchev–Trinajstić information content (AvgIpc) is 3.09. The molecule has 0 atom stereocenters. The van der Waals surface area contributed by atoms with Gasteiger partial charge >= 0.3 is 6.18 Å². The van der Waals surface area contributed by atoms with E-state index in [0.717, 1.165) is 16.6 Å². The number of nitrogens with zero attached hydrogens (tertiary/aromatic N) is 3. The van der Waals surface area contributed by atoms with Crippen LogP contribution < -0.4 is 5.32 Å². The van der Waals surface area contributed by atoms with E-state index in [2.05, 4.69) is 15.4 Å². The molecule has 1 aromatic carbocycles. The van der Waals surface area contributed by atoms with Crippen LogP contribution in [0, 0.1) is 5.82 Å². The second kappa shape index (κ2) is 7.42. The van der Waals surface area contributed by atoms with Crippen molar-refractivity contribution >= 4 is 39.9 Å². The first-order chi connectivity index (χ1) is 13.3. The molecule has 0 spiro atoms. The van der Waals surface area contributed by atoms with Crippen molar-refractivity contribution in [3.05, 3.63) is 45.8 Å². The Labute approximate surface area is 172 Å². The molecule has 0 saturated carbocycles. The van der Waals surface area contributed by atoms with Gasteiger partial charge in [-0.05, 0) is 45.0 Å². The minimum Gasteiger partial charge on any atom is -0.348 e. The van der Waals surface area contributed by atoms with Crippen LogP contribution in [0.1, 0.15) is 31.5 Å². The SMILES string of the molecule is CC(C)(C)NC(=O)C=Cc1c(-c2ccc(F)cc2Cl)nc2sc(C(F)(F)F)nn12. The summed E-state index contributed by atoms with van der Waals surface area (Å²) in [6.45, 7) is 5.36. The Bertz CT molecular complexity index is 1110. The van der Waals surface area contributed by atoms with E-state index in [9.17, 15) is 22.4 Å². The number of carbonyl (C=O) groups excluding carboxylic acids is 1. The summed E-state index contributed by atoms with van der Waals surface area (Å²) in [6.07, 6.45) is -2.16. The van der Waals surface area contributed by atoms with Gasteiger partial charge in [-0.25, -0.2) is 13.9 Å².